The van der Waals surface area contributed by atoms with E-state index in [2.05, 4.69) is 0 Å². The van der Waals surface area contributed by atoms with Crippen LogP contribution in [0.1, 0.15) is 5.56 Å². The van der Waals surface area contributed by atoms with Crippen molar-refractivity contribution in [2.45, 2.75) is 11.8 Å². The smallest absolute Gasteiger partial charge is 0.207 e. The first-order valence-corrected chi connectivity index (χ1v) is 5.48. The third kappa shape index (κ3) is 1.93. The maximum Gasteiger partial charge on any atom is 0.242 e. The van der Waals surface area contributed by atoms with Crippen LogP contribution in [0.25, 0.3) is 0 Å². The number of hydrogen-bond donors (Lipinski definition) is 0. The van der Waals surface area contributed by atoms with Gasteiger partial charge in [0.05, 0.1) is 4.90 Å². The van der Waals surface area contributed by atoms with E-state index < -0.39 is 15.8 Å². The molecule has 1 aromatic rings. The first-order chi connectivity index (χ1) is 6.35. The molecule has 0 saturated heterocycles. The number of hydrogen-bond acceptors (Lipinski definition) is 2. The Morgan fingerprint density at radius 3 is 2.29 bits per heavy atom. The SMILES string of the molecule is Cc1cc(F)ccc1S(=O)(=O)N(C)C. The Bertz CT molecular complexity index is 440. The topological polar surface area (TPSA) is 37.4 Å². The van der Waals surface area contributed by atoms with E-state index in [0.29, 0.717) is 5.56 Å². The maximum atomic E-state index is 12.7. The molecule has 0 atom stereocenters. The Morgan fingerprint density at radius 1 is 1.29 bits per heavy atom. The minimum atomic E-state index is -3.46. The molecular formula is C9H12FNO2S. The fourth-order valence-electron chi connectivity index (χ4n) is 1.10. The van der Waals surface area contributed by atoms with Gasteiger partial charge in [-0.25, -0.2) is 17.1 Å². The van der Waals surface area contributed by atoms with E-state index in [-0.39, 0.29) is 4.90 Å². The summed E-state index contributed by atoms with van der Waals surface area (Å²) < 4.78 is 37.2. The number of nitrogens with zero attached hydrogens (tertiary/aromatic N) is 1. The van der Waals surface area contributed by atoms with E-state index in [4.69, 9.17) is 0 Å². The average Bonchev–Trinajstić information content (AvgIpc) is 2.02. The molecule has 0 aliphatic heterocycles. The molecular weight excluding hydrogens is 205 g/mol. The summed E-state index contributed by atoms with van der Waals surface area (Å²) in [4.78, 5) is 0.143. The van der Waals surface area contributed by atoms with Crippen LogP contribution in [0.4, 0.5) is 4.39 Å². The largest absolute Gasteiger partial charge is 0.242 e. The average molecular weight is 217 g/mol. The summed E-state index contributed by atoms with van der Waals surface area (Å²) in [5.74, 6) is -0.430. The first kappa shape index (κ1) is 11.1. The number of rotatable bonds is 2. The van der Waals surface area contributed by atoms with Gasteiger partial charge in [0.15, 0.2) is 0 Å². The highest BCUT2D eigenvalue weighted by Gasteiger charge is 2.19. The van der Waals surface area contributed by atoms with Crippen LogP contribution < -0.4 is 0 Å². The lowest BCUT2D eigenvalue weighted by Crippen LogP contribution is -2.23. The lowest BCUT2D eigenvalue weighted by molar-refractivity contribution is 0.519. The van der Waals surface area contributed by atoms with E-state index in [9.17, 15) is 12.8 Å². The number of aryl methyl sites for hydroxylation is 1. The lowest BCUT2D eigenvalue weighted by atomic mass is 10.2. The van der Waals surface area contributed by atoms with Crippen molar-refractivity contribution in [2.75, 3.05) is 14.1 Å². The van der Waals surface area contributed by atoms with E-state index in [0.717, 1.165) is 10.4 Å². The molecule has 0 amide bonds. The van der Waals surface area contributed by atoms with E-state index in [1.165, 1.54) is 26.2 Å². The van der Waals surface area contributed by atoms with Gasteiger partial charge < -0.3 is 0 Å². The molecule has 1 aromatic carbocycles. The second-order valence-electron chi connectivity index (χ2n) is 3.20. The molecule has 0 aliphatic carbocycles. The maximum absolute atomic E-state index is 12.7. The molecule has 0 saturated carbocycles. The molecule has 0 unspecified atom stereocenters. The first-order valence-electron chi connectivity index (χ1n) is 4.04. The van der Waals surface area contributed by atoms with Crippen molar-refractivity contribution < 1.29 is 12.8 Å². The lowest BCUT2D eigenvalue weighted by Gasteiger charge is -2.13. The molecule has 0 aromatic heterocycles. The van der Waals surface area contributed by atoms with Crippen LogP contribution in [-0.2, 0) is 10.0 Å². The van der Waals surface area contributed by atoms with Crippen LogP contribution in [0, 0.1) is 12.7 Å². The number of halogens is 1. The molecule has 0 N–H and O–H groups in total. The molecule has 0 spiro atoms. The predicted molar refractivity (Wildman–Crippen MR) is 52.0 cm³/mol. The highest BCUT2D eigenvalue weighted by molar-refractivity contribution is 7.89. The molecule has 1 rings (SSSR count). The molecule has 3 nitrogen and oxygen atoms in total. The van der Waals surface area contributed by atoms with Crippen molar-refractivity contribution in [3.05, 3.63) is 29.6 Å². The van der Waals surface area contributed by atoms with Crippen molar-refractivity contribution >= 4 is 10.0 Å². The summed E-state index contributed by atoms with van der Waals surface area (Å²) in [6.07, 6.45) is 0. The van der Waals surface area contributed by atoms with Crippen molar-refractivity contribution in [1.29, 1.82) is 0 Å². The molecule has 0 bridgehead atoms. The molecule has 0 aliphatic rings. The Balaban J connectivity index is 3.35. The van der Waals surface area contributed by atoms with Crippen LogP contribution in [0.2, 0.25) is 0 Å². The zero-order valence-corrected chi connectivity index (χ0v) is 9.10. The van der Waals surface area contributed by atoms with Gasteiger partial charge in [-0.2, -0.15) is 0 Å². The molecule has 0 heterocycles. The normalized spacial score (nSPS) is 12.1. The van der Waals surface area contributed by atoms with Crippen LogP contribution in [-0.4, -0.2) is 26.8 Å². The summed E-state index contributed by atoms with van der Waals surface area (Å²) in [6, 6.07) is 3.62. The highest BCUT2D eigenvalue weighted by atomic mass is 32.2. The molecule has 0 radical (unpaired) electrons. The molecule has 78 valence electrons. The van der Waals surface area contributed by atoms with Gasteiger partial charge in [0, 0.05) is 14.1 Å². The van der Waals surface area contributed by atoms with E-state index >= 15 is 0 Å². The Kier molecular flexibility index (Phi) is 2.92. The van der Waals surface area contributed by atoms with Crippen LogP contribution in [0.5, 0.6) is 0 Å². The monoisotopic (exact) mass is 217 g/mol. The summed E-state index contributed by atoms with van der Waals surface area (Å²) in [5, 5.41) is 0. The molecule has 0 fully saturated rings. The molecule has 14 heavy (non-hydrogen) atoms. The van der Waals surface area contributed by atoms with E-state index in [1.807, 2.05) is 0 Å². The fourth-order valence-corrected chi connectivity index (χ4v) is 2.20. The zero-order chi connectivity index (χ0) is 10.9. The minimum absolute atomic E-state index is 0.143. The fraction of sp³-hybridized carbons (Fsp3) is 0.333. The zero-order valence-electron chi connectivity index (χ0n) is 8.28. The van der Waals surface area contributed by atoms with Gasteiger partial charge in [0.2, 0.25) is 10.0 Å². The standard InChI is InChI=1S/C9H12FNO2S/c1-7-6-8(10)4-5-9(7)14(12,13)11(2)3/h4-6H,1-3H3. The van der Waals surface area contributed by atoms with Crippen molar-refractivity contribution in [1.82, 2.24) is 4.31 Å². The molecule has 5 heteroatoms. The number of benzene rings is 1. The van der Waals surface area contributed by atoms with Gasteiger partial charge in [-0.1, -0.05) is 0 Å². The van der Waals surface area contributed by atoms with Crippen LogP contribution >= 0.6 is 0 Å². The quantitative estimate of drug-likeness (QED) is 0.750. The van der Waals surface area contributed by atoms with Gasteiger partial charge in [-0.05, 0) is 30.7 Å². The van der Waals surface area contributed by atoms with Crippen molar-refractivity contribution in [3.8, 4) is 0 Å². The van der Waals surface area contributed by atoms with Gasteiger partial charge in [0.1, 0.15) is 5.82 Å². The Hall–Kier alpha value is -0.940. The van der Waals surface area contributed by atoms with Gasteiger partial charge >= 0.3 is 0 Å². The van der Waals surface area contributed by atoms with Crippen LogP contribution in [0.15, 0.2) is 23.1 Å². The number of sulfonamides is 1. The predicted octanol–water partition coefficient (Wildman–Crippen LogP) is 1.38. The summed E-state index contributed by atoms with van der Waals surface area (Å²) in [5.41, 5.74) is 0.415. The Morgan fingerprint density at radius 2 is 1.86 bits per heavy atom. The highest BCUT2D eigenvalue weighted by Crippen LogP contribution is 2.18. The summed E-state index contributed by atoms with van der Waals surface area (Å²) >= 11 is 0. The third-order valence-corrected chi connectivity index (χ3v) is 3.87. The van der Waals surface area contributed by atoms with Gasteiger partial charge in [-0.3, -0.25) is 0 Å². The van der Waals surface area contributed by atoms with Crippen LogP contribution in [0.3, 0.4) is 0 Å². The van der Waals surface area contributed by atoms with Crippen molar-refractivity contribution in [3.63, 3.8) is 0 Å². The second-order valence-corrected chi connectivity index (χ2v) is 5.32. The second kappa shape index (κ2) is 3.67. The minimum Gasteiger partial charge on any atom is -0.207 e. The van der Waals surface area contributed by atoms with E-state index in [1.54, 1.807) is 6.92 Å². The van der Waals surface area contributed by atoms with Gasteiger partial charge in [0.25, 0.3) is 0 Å². The third-order valence-electron chi connectivity index (χ3n) is 1.90. The van der Waals surface area contributed by atoms with Gasteiger partial charge in [-0.15, -0.1) is 0 Å². The Labute approximate surface area is 83.2 Å². The summed E-state index contributed by atoms with van der Waals surface area (Å²) in [6.45, 7) is 1.57. The van der Waals surface area contributed by atoms with Crippen molar-refractivity contribution in [2.24, 2.45) is 0 Å². The summed E-state index contributed by atoms with van der Waals surface area (Å²) in [7, 11) is -0.572.